The van der Waals surface area contributed by atoms with Crippen LogP contribution in [0, 0.1) is 20.8 Å². The third kappa shape index (κ3) is 7.42. The van der Waals surface area contributed by atoms with E-state index >= 15 is 0 Å². The normalized spacial score (nSPS) is 18.6. The van der Waals surface area contributed by atoms with Crippen LogP contribution in [-0.2, 0) is 14.3 Å². The van der Waals surface area contributed by atoms with Crippen LogP contribution >= 0.6 is 22.6 Å². The zero-order chi connectivity index (χ0) is 22.8. The van der Waals surface area contributed by atoms with Gasteiger partial charge in [-0.3, -0.25) is 4.79 Å². The Balaban J connectivity index is 2.22. The Labute approximate surface area is 197 Å². The van der Waals surface area contributed by atoms with E-state index in [1.54, 1.807) is 25.1 Å². The molecule has 8 heteroatoms. The number of nitrogens with one attached hydrogen (secondary N) is 1. The van der Waals surface area contributed by atoms with Crippen LogP contribution in [0.2, 0.25) is 0 Å². The molecule has 1 aromatic carbocycles. The lowest BCUT2D eigenvalue weighted by molar-refractivity contribution is -0.145. The van der Waals surface area contributed by atoms with Crippen LogP contribution in [0.5, 0.6) is 11.5 Å². The fourth-order valence-electron chi connectivity index (χ4n) is 3.50. The molecule has 0 saturated heterocycles. The van der Waals surface area contributed by atoms with Gasteiger partial charge in [0.25, 0.3) is 5.91 Å². The number of ether oxygens (including phenoxy) is 3. The lowest BCUT2D eigenvalue weighted by Gasteiger charge is -2.29. The quantitative estimate of drug-likeness (QED) is 0.218. The van der Waals surface area contributed by atoms with Crippen molar-refractivity contribution in [3.05, 3.63) is 26.8 Å². The molecule has 2 rings (SSSR count). The standard InChI is InChI=1S/C23H29IN2O5/c1-4-29-20-12-16(11-18(24)22(20)31-14-21(27)30-5-2)10-17(13-25)23(28)26-19-9-7-6-8-15(19)3/h10-12,15,19H,4-9,14H2,1-3H3,(H,26,28)/b17-10+/t15-,19+/m1/s1. The van der Waals surface area contributed by atoms with Gasteiger partial charge in [0, 0.05) is 6.04 Å². The second-order valence-electron chi connectivity index (χ2n) is 7.37. The first-order chi connectivity index (χ1) is 14.9. The van der Waals surface area contributed by atoms with Crippen LogP contribution in [-0.4, -0.2) is 37.7 Å². The molecule has 1 fully saturated rings. The molecule has 0 radical (unpaired) electrons. The van der Waals surface area contributed by atoms with Crippen LogP contribution in [0.3, 0.4) is 0 Å². The summed E-state index contributed by atoms with van der Waals surface area (Å²) in [7, 11) is 0. The average Bonchev–Trinajstić information content (AvgIpc) is 2.73. The van der Waals surface area contributed by atoms with Gasteiger partial charge in [0.1, 0.15) is 11.6 Å². The van der Waals surface area contributed by atoms with E-state index in [0.717, 1.165) is 19.3 Å². The minimum absolute atomic E-state index is 0.0382. The summed E-state index contributed by atoms with van der Waals surface area (Å²) in [5, 5.41) is 12.6. The molecule has 1 N–H and O–H groups in total. The highest BCUT2D eigenvalue weighted by molar-refractivity contribution is 14.1. The summed E-state index contributed by atoms with van der Waals surface area (Å²) in [5.41, 5.74) is 0.677. The van der Waals surface area contributed by atoms with Crippen molar-refractivity contribution in [1.82, 2.24) is 5.32 Å². The molecule has 168 valence electrons. The molecule has 2 atom stereocenters. The summed E-state index contributed by atoms with van der Waals surface area (Å²) < 4.78 is 16.9. The van der Waals surface area contributed by atoms with E-state index in [-0.39, 0.29) is 30.7 Å². The zero-order valence-corrected chi connectivity index (χ0v) is 20.4. The zero-order valence-electron chi connectivity index (χ0n) is 18.2. The number of carbonyl (C=O) groups is 2. The number of halogens is 1. The molecule has 1 saturated carbocycles. The topological polar surface area (TPSA) is 97.7 Å². The molecule has 0 aromatic heterocycles. The van der Waals surface area contributed by atoms with Crippen LogP contribution in [0.1, 0.15) is 52.0 Å². The number of nitrogens with zero attached hydrogens (tertiary/aromatic N) is 1. The number of benzene rings is 1. The largest absolute Gasteiger partial charge is 0.490 e. The molecular formula is C23H29IN2O5. The number of nitriles is 1. The van der Waals surface area contributed by atoms with Crippen molar-refractivity contribution >= 4 is 40.5 Å². The Morgan fingerprint density at radius 1 is 1.23 bits per heavy atom. The minimum Gasteiger partial charge on any atom is -0.490 e. The highest BCUT2D eigenvalue weighted by Gasteiger charge is 2.24. The van der Waals surface area contributed by atoms with Crippen LogP contribution in [0.25, 0.3) is 6.08 Å². The highest BCUT2D eigenvalue weighted by Crippen LogP contribution is 2.35. The molecular weight excluding hydrogens is 511 g/mol. The van der Waals surface area contributed by atoms with Gasteiger partial charge in [0.2, 0.25) is 0 Å². The van der Waals surface area contributed by atoms with Crippen molar-refractivity contribution < 1.29 is 23.8 Å². The number of hydrogen-bond donors (Lipinski definition) is 1. The minimum atomic E-state index is -0.468. The van der Waals surface area contributed by atoms with E-state index in [4.69, 9.17) is 14.2 Å². The first kappa shape index (κ1) is 25.0. The average molecular weight is 540 g/mol. The Morgan fingerprint density at radius 3 is 2.61 bits per heavy atom. The Kier molecular flexibility index (Phi) is 10.1. The highest BCUT2D eigenvalue weighted by atomic mass is 127. The molecule has 0 bridgehead atoms. The van der Waals surface area contributed by atoms with Gasteiger partial charge in [-0.1, -0.05) is 19.8 Å². The van der Waals surface area contributed by atoms with Gasteiger partial charge >= 0.3 is 5.97 Å². The van der Waals surface area contributed by atoms with Gasteiger partial charge in [-0.25, -0.2) is 4.79 Å². The lowest BCUT2D eigenvalue weighted by Crippen LogP contribution is -2.41. The van der Waals surface area contributed by atoms with Gasteiger partial charge in [-0.05, 0) is 79.0 Å². The van der Waals surface area contributed by atoms with Crippen molar-refractivity contribution in [3.8, 4) is 17.6 Å². The summed E-state index contributed by atoms with van der Waals surface area (Å²) in [6, 6.07) is 5.57. The third-order valence-electron chi connectivity index (χ3n) is 5.08. The predicted octanol–water partition coefficient (Wildman–Crippen LogP) is 4.23. The van der Waals surface area contributed by atoms with E-state index in [1.807, 2.05) is 13.0 Å². The van der Waals surface area contributed by atoms with Crippen molar-refractivity contribution in [2.45, 2.75) is 52.5 Å². The Bertz CT molecular complexity index is 862. The number of amides is 1. The van der Waals surface area contributed by atoms with E-state index in [0.29, 0.717) is 33.2 Å². The predicted molar refractivity (Wildman–Crippen MR) is 126 cm³/mol. The summed E-state index contributed by atoms with van der Waals surface area (Å²) in [5.74, 6) is 0.427. The first-order valence-corrected chi connectivity index (χ1v) is 11.6. The summed E-state index contributed by atoms with van der Waals surface area (Å²) in [4.78, 5) is 24.3. The number of carbonyl (C=O) groups excluding carboxylic acids is 2. The molecule has 0 aliphatic heterocycles. The van der Waals surface area contributed by atoms with Gasteiger partial charge in [0.15, 0.2) is 18.1 Å². The van der Waals surface area contributed by atoms with Gasteiger partial charge in [-0.2, -0.15) is 5.26 Å². The molecule has 1 aromatic rings. The Morgan fingerprint density at radius 2 is 1.97 bits per heavy atom. The molecule has 7 nitrogen and oxygen atoms in total. The summed E-state index contributed by atoms with van der Waals surface area (Å²) >= 11 is 2.07. The third-order valence-corrected chi connectivity index (χ3v) is 5.88. The van der Waals surface area contributed by atoms with Gasteiger partial charge < -0.3 is 19.5 Å². The Hall–Kier alpha value is -2.28. The van der Waals surface area contributed by atoms with Crippen LogP contribution < -0.4 is 14.8 Å². The van der Waals surface area contributed by atoms with Crippen LogP contribution in [0.4, 0.5) is 0 Å². The maximum absolute atomic E-state index is 12.7. The second-order valence-corrected chi connectivity index (χ2v) is 8.53. The van der Waals surface area contributed by atoms with Crippen molar-refractivity contribution in [2.75, 3.05) is 19.8 Å². The lowest BCUT2D eigenvalue weighted by atomic mass is 9.86. The molecule has 1 amide bonds. The summed E-state index contributed by atoms with van der Waals surface area (Å²) in [6.07, 6.45) is 5.83. The van der Waals surface area contributed by atoms with E-state index in [9.17, 15) is 14.9 Å². The fourth-order valence-corrected chi connectivity index (χ4v) is 4.28. The van der Waals surface area contributed by atoms with Crippen molar-refractivity contribution in [3.63, 3.8) is 0 Å². The molecule has 0 spiro atoms. The molecule has 1 aliphatic carbocycles. The van der Waals surface area contributed by atoms with Gasteiger partial charge in [-0.15, -0.1) is 0 Å². The monoisotopic (exact) mass is 540 g/mol. The molecule has 0 heterocycles. The summed E-state index contributed by atoms with van der Waals surface area (Å²) in [6.45, 7) is 6.14. The van der Waals surface area contributed by atoms with E-state index in [1.165, 1.54) is 6.42 Å². The smallest absolute Gasteiger partial charge is 0.344 e. The van der Waals surface area contributed by atoms with Gasteiger partial charge in [0.05, 0.1) is 16.8 Å². The number of rotatable bonds is 9. The maximum Gasteiger partial charge on any atom is 0.344 e. The second kappa shape index (κ2) is 12.5. The molecule has 1 aliphatic rings. The van der Waals surface area contributed by atoms with E-state index in [2.05, 4.69) is 34.8 Å². The molecule has 31 heavy (non-hydrogen) atoms. The van der Waals surface area contributed by atoms with Crippen LogP contribution in [0.15, 0.2) is 17.7 Å². The van der Waals surface area contributed by atoms with E-state index < -0.39 is 5.97 Å². The fraction of sp³-hybridized carbons (Fsp3) is 0.522. The van der Waals surface area contributed by atoms with Crippen molar-refractivity contribution in [2.24, 2.45) is 5.92 Å². The SMILES string of the molecule is CCOC(=O)COc1c(I)cc(/C=C(\C#N)C(=O)N[C@H]2CCCC[C@H]2C)cc1OCC. The first-order valence-electron chi connectivity index (χ1n) is 10.6. The maximum atomic E-state index is 12.7. The molecule has 0 unspecified atom stereocenters. The van der Waals surface area contributed by atoms with Crippen molar-refractivity contribution in [1.29, 1.82) is 5.26 Å². The number of esters is 1. The number of hydrogen-bond acceptors (Lipinski definition) is 6.